The molecule has 0 radical (unpaired) electrons. The molecule has 0 atom stereocenters. The van der Waals surface area contributed by atoms with Gasteiger partial charge in [-0.15, -0.1) is 0 Å². The fourth-order valence-electron chi connectivity index (χ4n) is 1.45. The summed E-state index contributed by atoms with van der Waals surface area (Å²) in [5.41, 5.74) is 1.95. The smallest absolute Gasteiger partial charge is 0.257 e. The molecule has 0 aliphatic rings. The molecule has 92 valence electrons. The maximum Gasteiger partial charge on any atom is 0.257 e. The Balaban J connectivity index is 2.21. The number of carbonyl (C=O) groups excluding carboxylic acids is 1. The van der Waals surface area contributed by atoms with E-state index in [4.69, 9.17) is 23.2 Å². The number of hydrogen-bond acceptors (Lipinski definition) is 2. The van der Waals surface area contributed by atoms with Crippen LogP contribution in [0.3, 0.4) is 0 Å². The van der Waals surface area contributed by atoms with Gasteiger partial charge in [0, 0.05) is 16.9 Å². The van der Waals surface area contributed by atoms with Gasteiger partial charge in [-0.3, -0.25) is 4.79 Å². The number of pyridine rings is 1. The molecular weight excluding hydrogens is 271 g/mol. The van der Waals surface area contributed by atoms with Gasteiger partial charge in [-0.1, -0.05) is 29.3 Å². The van der Waals surface area contributed by atoms with E-state index >= 15 is 0 Å². The number of rotatable bonds is 2. The van der Waals surface area contributed by atoms with Crippen LogP contribution in [0.2, 0.25) is 10.2 Å². The van der Waals surface area contributed by atoms with Crippen LogP contribution in [0.15, 0.2) is 36.5 Å². The van der Waals surface area contributed by atoms with E-state index < -0.39 is 0 Å². The molecule has 2 rings (SSSR count). The molecule has 1 heterocycles. The van der Waals surface area contributed by atoms with Crippen LogP contribution in [0.1, 0.15) is 15.9 Å². The summed E-state index contributed by atoms with van der Waals surface area (Å²) >= 11 is 11.6. The molecule has 0 aliphatic carbocycles. The quantitative estimate of drug-likeness (QED) is 0.847. The first-order valence-corrected chi connectivity index (χ1v) is 6.01. The van der Waals surface area contributed by atoms with E-state index in [-0.39, 0.29) is 5.91 Å². The van der Waals surface area contributed by atoms with Crippen LogP contribution in [0.25, 0.3) is 0 Å². The number of benzene rings is 1. The summed E-state index contributed by atoms with van der Waals surface area (Å²) in [6.07, 6.45) is 1.43. The van der Waals surface area contributed by atoms with Gasteiger partial charge >= 0.3 is 0 Å². The Morgan fingerprint density at radius 3 is 2.67 bits per heavy atom. The lowest BCUT2D eigenvalue weighted by molar-refractivity contribution is 0.102. The fourth-order valence-corrected chi connectivity index (χ4v) is 1.73. The summed E-state index contributed by atoms with van der Waals surface area (Å²) in [5.74, 6) is -0.246. The van der Waals surface area contributed by atoms with Crippen LogP contribution in [0.5, 0.6) is 0 Å². The molecule has 0 bridgehead atoms. The van der Waals surface area contributed by atoms with E-state index in [1.54, 1.807) is 30.3 Å². The Bertz CT molecular complexity index is 582. The summed E-state index contributed by atoms with van der Waals surface area (Å²) in [4.78, 5) is 15.8. The molecule has 0 unspecified atom stereocenters. The molecule has 1 aromatic carbocycles. The van der Waals surface area contributed by atoms with E-state index in [1.165, 1.54) is 6.20 Å². The lowest BCUT2D eigenvalue weighted by Gasteiger charge is -2.09. The maximum atomic E-state index is 12.0. The molecule has 18 heavy (non-hydrogen) atoms. The zero-order valence-corrected chi connectivity index (χ0v) is 11.1. The van der Waals surface area contributed by atoms with Crippen molar-refractivity contribution in [2.24, 2.45) is 0 Å². The third kappa shape index (κ3) is 2.81. The van der Waals surface area contributed by atoms with Crippen molar-refractivity contribution >= 4 is 34.8 Å². The Morgan fingerprint density at radius 2 is 2.00 bits per heavy atom. The minimum Gasteiger partial charge on any atom is -0.322 e. The lowest BCUT2D eigenvalue weighted by atomic mass is 10.2. The predicted molar refractivity (Wildman–Crippen MR) is 73.4 cm³/mol. The van der Waals surface area contributed by atoms with Gasteiger partial charge in [-0.2, -0.15) is 0 Å². The van der Waals surface area contributed by atoms with Crippen LogP contribution in [-0.4, -0.2) is 10.9 Å². The maximum absolute atomic E-state index is 12.0. The Morgan fingerprint density at radius 1 is 1.22 bits per heavy atom. The van der Waals surface area contributed by atoms with Crippen LogP contribution in [-0.2, 0) is 0 Å². The van der Waals surface area contributed by atoms with Crippen LogP contribution in [0.4, 0.5) is 5.69 Å². The van der Waals surface area contributed by atoms with E-state index in [0.717, 1.165) is 5.56 Å². The lowest BCUT2D eigenvalue weighted by Crippen LogP contribution is -2.13. The highest BCUT2D eigenvalue weighted by atomic mass is 35.5. The molecule has 3 nitrogen and oxygen atoms in total. The highest BCUT2D eigenvalue weighted by molar-refractivity contribution is 6.31. The number of hydrogen-bond donors (Lipinski definition) is 1. The SMILES string of the molecule is Cc1c(Cl)cccc1NC(=O)c1ccc(Cl)nc1. The first-order valence-electron chi connectivity index (χ1n) is 5.26. The molecule has 1 aromatic heterocycles. The molecule has 0 spiro atoms. The topological polar surface area (TPSA) is 42.0 Å². The van der Waals surface area contributed by atoms with Crippen molar-refractivity contribution in [2.45, 2.75) is 6.92 Å². The van der Waals surface area contributed by atoms with Crippen LogP contribution >= 0.6 is 23.2 Å². The van der Waals surface area contributed by atoms with Gasteiger partial charge in [0.25, 0.3) is 5.91 Å². The van der Waals surface area contributed by atoms with Gasteiger partial charge in [-0.05, 0) is 36.8 Å². The third-order valence-electron chi connectivity index (χ3n) is 2.51. The first-order chi connectivity index (χ1) is 8.58. The second-order valence-electron chi connectivity index (χ2n) is 3.74. The molecule has 2 aromatic rings. The van der Waals surface area contributed by atoms with Crippen molar-refractivity contribution in [1.82, 2.24) is 4.98 Å². The molecular formula is C13H10Cl2N2O. The summed E-state index contributed by atoms with van der Waals surface area (Å²) < 4.78 is 0. The van der Waals surface area contributed by atoms with Crippen molar-refractivity contribution in [3.63, 3.8) is 0 Å². The van der Waals surface area contributed by atoms with E-state index in [2.05, 4.69) is 10.3 Å². The van der Waals surface area contributed by atoms with Crippen molar-refractivity contribution in [2.75, 3.05) is 5.32 Å². The number of nitrogens with one attached hydrogen (secondary N) is 1. The number of halogens is 2. The molecule has 5 heteroatoms. The van der Waals surface area contributed by atoms with Gasteiger partial charge in [0.15, 0.2) is 0 Å². The van der Waals surface area contributed by atoms with Gasteiger partial charge in [0.1, 0.15) is 5.15 Å². The summed E-state index contributed by atoms with van der Waals surface area (Å²) in [6.45, 7) is 1.85. The van der Waals surface area contributed by atoms with Crippen LogP contribution < -0.4 is 5.32 Å². The minimum atomic E-state index is -0.246. The molecule has 0 saturated carbocycles. The molecule has 1 N–H and O–H groups in total. The fraction of sp³-hybridized carbons (Fsp3) is 0.0769. The standard InChI is InChI=1S/C13H10Cl2N2O/c1-8-10(14)3-2-4-11(8)17-13(18)9-5-6-12(15)16-7-9/h2-7H,1H3,(H,17,18). The Labute approximate surface area is 115 Å². The van der Waals surface area contributed by atoms with Crippen molar-refractivity contribution < 1.29 is 4.79 Å². The molecule has 0 fully saturated rings. The zero-order valence-electron chi connectivity index (χ0n) is 9.58. The summed E-state index contributed by atoms with van der Waals surface area (Å²) in [6, 6.07) is 8.54. The predicted octanol–water partition coefficient (Wildman–Crippen LogP) is 3.95. The molecule has 0 aliphatic heterocycles. The van der Waals surface area contributed by atoms with Crippen LogP contribution in [0, 0.1) is 6.92 Å². The normalized spacial score (nSPS) is 10.2. The number of carbonyl (C=O) groups is 1. The monoisotopic (exact) mass is 280 g/mol. The van der Waals surface area contributed by atoms with Gasteiger partial charge in [0.05, 0.1) is 5.56 Å². The largest absolute Gasteiger partial charge is 0.322 e. The number of anilines is 1. The van der Waals surface area contributed by atoms with Crippen molar-refractivity contribution in [3.05, 3.63) is 57.8 Å². The first kappa shape index (κ1) is 12.9. The zero-order chi connectivity index (χ0) is 13.1. The summed E-state index contributed by atoms with van der Waals surface area (Å²) in [5, 5.41) is 3.75. The number of aromatic nitrogens is 1. The van der Waals surface area contributed by atoms with Crippen molar-refractivity contribution in [1.29, 1.82) is 0 Å². The average Bonchev–Trinajstić information content (AvgIpc) is 2.36. The Hall–Kier alpha value is -1.58. The van der Waals surface area contributed by atoms with Gasteiger partial charge in [-0.25, -0.2) is 4.98 Å². The highest BCUT2D eigenvalue weighted by Crippen LogP contribution is 2.23. The van der Waals surface area contributed by atoms with E-state index in [0.29, 0.717) is 21.4 Å². The number of nitrogens with zero attached hydrogens (tertiary/aromatic N) is 1. The van der Waals surface area contributed by atoms with Gasteiger partial charge < -0.3 is 5.32 Å². The molecule has 1 amide bonds. The third-order valence-corrected chi connectivity index (χ3v) is 3.14. The molecule has 0 saturated heterocycles. The van der Waals surface area contributed by atoms with E-state index in [1.807, 2.05) is 6.92 Å². The average molecular weight is 281 g/mol. The minimum absolute atomic E-state index is 0.246. The second kappa shape index (κ2) is 5.38. The number of amides is 1. The highest BCUT2D eigenvalue weighted by Gasteiger charge is 2.09. The van der Waals surface area contributed by atoms with E-state index in [9.17, 15) is 4.79 Å². The summed E-state index contributed by atoms with van der Waals surface area (Å²) in [7, 11) is 0. The Kier molecular flexibility index (Phi) is 3.84. The van der Waals surface area contributed by atoms with Gasteiger partial charge in [0.2, 0.25) is 0 Å². The second-order valence-corrected chi connectivity index (χ2v) is 4.53. The van der Waals surface area contributed by atoms with Crippen molar-refractivity contribution in [3.8, 4) is 0 Å².